The van der Waals surface area contributed by atoms with Crippen LogP contribution in [0.2, 0.25) is 0 Å². The van der Waals surface area contributed by atoms with Gasteiger partial charge in [-0.3, -0.25) is 9.59 Å². The van der Waals surface area contributed by atoms with Gasteiger partial charge in [0.05, 0.1) is 12.2 Å². The Hall–Kier alpha value is -1.89. The number of carboxylic acid groups (broad SMARTS) is 1. The number of hydrogen-bond acceptors (Lipinski definition) is 6. The van der Waals surface area contributed by atoms with E-state index in [2.05, 4.69) is 6.58 Å². The first kappa shape index (κ1) is 17.5. The Balaban J connectivity index is 1.93. The van der Waals surface area contributed by atoms with Crippen molar-refractivity contribution in [2.75, 3.05) is 0 Å². The molecule has 7 nitrogen and oxygen atoms in total. The smallest absolute Gasteiger partial charge is 0.333 e. The van der Waals surface area contributed by atoms with Gasteiger partial charge >= 0.3 is 17.9 Å². The van der Waals surface area contributed by atoms with Gasteiger partial charge < -0.3 is 19.3 Å². The molecule has 2 fully saturated rings. The average molecular weight is 326 g/mol. The molecular weight excluding hydrogens is 304 g/mol. The summed E-state index contributed by atoms with van der Waals surface area (Å²) in [5, 5.41) is 8.63. The summed E-state index contributed by atoms with van der Waals surface area (Å²) in [7, 11) is 0. The molecule has 1 N–H and O–H groups in total. The topological polar surface area (TPSA) is 99.1 Å². The van der Waals surface area contributed by atoms with E-state index in [1.807, 2.05) is 0 Å². The van der Waals surface area contributed by atoms with Crippen molar-refractivity contribution in [1.29, 1.82) is 0 Å². The fourth-order valence-electron chi connectivity index (χ4n) is 3.24. The molecule has 2 saturated heterocycles. The van der Waals surface area contributed by atoms with E-state index < -0.39 is 29.9 Å². The van der Waals surface area contributed by atoms with Crippen LogP contribution in [-0.2, 0) is 28.6 Å². The first-order chi connectivity index (χ1) is 10.6. The van der Waals surface area contributed by atoms with Gasteiger partial charge in [-0.2, -0.15) is 0 Å². The van der Waals surface area contributed by atoms with Gasteiger partial charge in [0.2, 0.25) is 0 Å². The number of ether oxygens (including phenoxy) is 3. The summed E-state index contributed by atoms with van der Waals surface area (Å²) in [5.74, 6) is -2.49. The number of hydrogen-bond donors (Lipinski definition) is 1. The molecule has 4 unspecified atom stereocenters. The van der Waals surface area contributed by atoms with Gasteiger partial charge in [-0.15, -0.1) is 0 Å². The molecule has 4 atom stereocenters. The summed E-state index contributed by atoms with van der Waals surface area (Å²) >= 11 is 0. The second-order valence-corrected chi connectivity index (χ2v) is 6.66. The molecule has 2 bridgehead atoms. The summed E-state index contributed by atoms with van der Waals surface area (Å²) < 4.78 is 16.5. The molecule has 2 heterocycles. The van der Waals surface area contributed by atoms with Crippen molar-refractivity contribution in [3.05, 3.63) is 12.2 Å². The molecule has 2 aliphatic rings. The SMILES string of the molecule is C=C(C)C(=O)OC1CC2OC1CC2C(C)(C)OC(=O)CC(=O)O. The normalized spacial score (nSPS) is 29.2. The van der Waals surface area contributed by atoms with Crippen molar-refractivity contribution in [3.63, 3.8) is 0 Å². The summed E-state index contributed by atoms with van der Waals surface area (Å²) in [6.45, 7) is 8.63. The zero-order chi connectivity index (χ0) is 17.4. The van der Waals surface area contributed by atoms with Crippen LogP contribution in [0.4, 0.5) is 0 Å². The zero-order valence-electron chi connectivity index (χ0n) is 13.5. The molecule has 128 valence electrons. The van der Waals surface area contributed by atoms with Gasteiger partial charge in [-0.1, -0.05) is 6.58 Å². The van der Waals surface area contributed by atoms with Crippen LogP contribution in [0.5, 0.6) is 0 Å². The summed E-state index contributed by atoms with van der Waals surface area (Å²) in [6.07, 6.45) is -0.267. The van der Waals surface area contributed by atoms with Crippen molar-refractivity contribution in [1.82, 2.24) is 0 Å². The fourth-order valence-corrected chi connectivity index (χ4v) is 3.24. The Morgan fingerprint density at radius 1 is 1.26 bits per heavy atom. The first-order valence-electron chi connectivity index (χ1n) is 7.55. The largest absolute Gasteiger partial charge is 0.481 e. The molecule has 0 aromatic carbocycles. The fraction of sp³-hybridized carbons (Fsp3) is 0.688. The highest BCUT2D eigenvalue weighted by Crippen LogP contribution is 2.46. The third-order valence-electron chi connectivity index (χ3n) is 4.34. The molecule has 2 aliphatic heterocycles. The molecule has 0 radical (unpaired) electrons. The van der Waals surface area contributed by atoms with Crippen LogP contribution < -0.4 is 0 Å². The highest BCUT2D eigenvalue weighted by molar-refractivity contribution is 5.90. The van der Waals surface area contributed by atoms with Gasteiger partial charge in [0, 0.05) is 17.9 Å². The van der Waals surface area contributed by atoms with Crippen LogP contribution in [0, 0.1) is 5.92 Å². The number of fused-ring (bicyclic) bond motifs is 2. The molecule has 0 saturated carbocycles. The lowest BCUT2D eigenvalue weighted by atomic mass is 9.77. The van der Waals surface area contributed by atoms with Crippen molar-refractivity contribution in [2.24, 2.45) is 5.92 Å². The number of carbonyl (C=O) groups excluding carboxylic acids is 2. The molecule has 7 heteroatoms. The third-order valence-corrected chi connectivity index (χ3v) is 4.34. The number of carbonyl (C=O) groups is 3. The molecular formula is C16H22O7. The summed E-state index contributed by atoms with van der Waals surface area (Å²) in [6, 6.07) is 0. The van der Waals surface area contributed by atoms with Crippen molar-refractivity contribution in [3.8, 4) is 0 Å². The Morgan fingerprint density at radius 3 is 2.39 bits per heavy atom. The average Bonchev–Trinajstić information content (AvgIpc) is 2.96. The zero-order valence-corrected chi connectivity index (χ0v) is 13.5. The van der Waals surface area contributed by atoms with Crippen LogP contribution >= 0.6 is 0 Å². The molecule has 0 aliphatic carbocycles. The van der Waals surface area contributed by atoms with Gasteiger partial charge in [0.15, 0.2) is 0 Å². The van der Waals surface area contributed by atoms with Gasteiger partial charge in [0.1, 0.15) is 18.1 Å². The summed E-state index contributed by atoms with van der Waals surface area (Å²) in [4.78, 5) is 33.8. The Morgan fingerprint density at radius 2 is 1.91 bits per heavy atom. The lowest BCUT2D eigenvalue weighted by Crippen LogP contribution is -2.44. The maximum Gasteiger partial charge on any atom is 0.333 e. The van der Waals surface area contributed by atoms with E-state index in [0.29, 0.717) is 18.4 Å². The van der Waals surface area contributed by atoms with E-state index in [9.17, 15) is 14.4 Å². The Bertz CT molecular complexity index is 537. The van der Waals surface area contributed by atoms with Crippen LogP contribution in [0.25, 0.3) is 0 Å². The molecule has 0 aromatic rings. The van der Waals surface area contributed by atoms with Gasteiger partial charge in [-0.25, -0.2) is 4.79 Å². The monoisotopic (exact) mass is 326 g/mol. The quantitative estimate of drug-likeness (QED) is 0.448. The molecule has 0 spiro atoms. The number of carboxylic acids is 1. The number of aliphatic carboxylic acids is 1. The minimum Gasteiger partial charge on any atom is -0.481 e. The van der Waals surface area contributed by atoms with E-state index in [-0.39, 0.29) is 24.2 Å². The lowest BCUT2D eigenvalue weighted by molar-refractivity contribution is -0.167. The molecule has 23 heavy (non-hydrogen) atoms. The van der Waals surface area contributed by atoms with E-state index in [4.69, 9.17) is 19.3 Å². The molecule has 0 aromatic heterocycles. The van der Waals surface area contributed by atoms with Crippen LogP contribution in [0.15, 0.2) is 12.2 Å². The number of esters is 2. The van der Waals surface area contributed by atoms with Crippen molar-refractivity contribution in [2.45, 2.75) is 63.9 Å². The maximum absolute atomic E-state index is 11.6. The van der Waals surface area contributed by atoms with Crippen molar-refractivity contribution >= 4 is 17.9 Å². The lowest BCUT2D eigenvalue weighted by Gasteiger charge is -2.36. The van der Waals surface area contributed by atoms with E-state index in [1.54, 1.807) is 20.8 Å². The molecule has 2 rings (SSSR count). The van der Waals surface area contributed by atoms with E-state index in [1.165, 1.54) is 0 Å². The maximum atomic E-state index is 11.6. The number of rotatable bonds is 6. The highest BCUT2D eigenvalue weighted by Gasteiger charge is 2.55. The van der Waals surface area contributed by atoms with E-state index in [0.717, 1.165) is 0 Å². The standard InChI is InChI=1S/C16H22O7/c1-8(2)15(20)22-12-6-10-9(5-11(12)21-10)16(3,4)23-14(19)7-13(17)18/h9-12H,1,5-7H2,2-4H3,(H,17,18). The predicted molar refractivity (Wildman–Crippen MR) is 78.5 cm³/mol. The molecule has 0 amide bonds. The Kier molecular flexibility index (Phi) is 4.79. The predicted octanol–water partition coefficient (Wildman–Crippen LogP) is 1.45. The minimum absolute atomic E-state index is 0.0648. The van der Waals surface area contributed by atoms with Crippen LogP contribution in [0.3, 0.4) is 0 Å². The second-order valence-electron chi connectivity index (χ2n) is 6.66. The van der Waals surface area contributed by atoms with Gasteiger partial charge in [0.25, 0.3) is 0 Å². The van der Waals surface area contributed by atoms with Crippen LogP contribution in [0.1, 0.15) is 40.0 Å². The summed E-state index contributed by atoms with van der Waals surface area (Å²) in [5.41, 5.74) is -0.498. The Labute approximate surface area is 134 Å². The minimum atomic E-state index is -1.22. The second kappa shape index (κ2) is 6.31. The van der Waals surface area contributed by atoms with Gasteiger partial charge in [-0.05, 0) is 27.2 Å². The van der Waals surface area contributed by atoms with E-state index >= 15 is 0 Å². The van der Waals surface area contributed by atoms with Crippen molar-refractivity contribution < 1.29 is 33.7 Å². The van der Waals surface area contributed by atoms with Crippen LogP contribution in [-0.4, -0.2) is 46.9 Å². The third kappa shape index (κ3) is 3.90. The first-order valence-corrected chi connectivity index (χ1v) is 7.55. The highest BCUT2D eigenvalue weighted by atomic mass is 16.6.